The molecule has 0 spiro atoms. The minimum atomic E-state index is -0.974. The van der Waals surface area contributed by atoms with Crippen LogP contribution >= 0.6 is 11.6 Å². The van der Waals surface area contributed by atoms with Crippen LogP contribution in [0.25, 0.3) is 0 Å². The molecular weight excluding hydrogens is 220 g/mol. The summed E-state index contributed by atoms with van der Waals surface area (Å²) in [6, 6.07) is 0.879. The molecule has 0 saturated carbocycles. The van der Waals surface area contributed by atoms with Crippen LogP contribution in [0.5, 0.6) is 5.75 Å². The highest BCUT2D eigenvalue weighted by Crippen LogP contribution is 2.25. The summed E-state index contributed by atoms with van der Waals surface area (Å²) >= 11 is 5.76. The number of methoxy groups -OCH3 is 1. The van der Waals surface area contributed by atoms with Gasteiger partial charge in [0.15, 0.2) is 0 Å². The number of nitrogens with zero attached hydrogens (tertiary/aromatic N) is 1. The first kappa shape index (κ1) is 11.7. The SMILES string of the molecule is COc1cc(C(N)CC(=O)O)ncc1Cl. The number of hydrogen-bond acceptors (Lipinski definition) is 4. The Bertz CT molecular complexity index is 370. The van der Waals surface area contributed by atoms with Gasteiger partial charge in [-0.25, -0.2) is 0 Å². The van der Waals surface area contributed by atoms with E-state index in [-0.39, 0.29) is 6.42 Å². The van der Waals surface area contributed by atoms with Gasteiger partial charge in [-0.15, -0.1) is 0 Å². The summed E-state index contributed by atoms with van der Waals surface area (Å²) in [6.45, 7) is 0. The van der Waals surface area contributed by atoms with Crippen molar-refractivity contribution in [2.24, 2.45) is 5.73 Å². The average molecular weight is 231 g/mol. The van der Waals surface area contributed by atoms with Crippen LogP contribution in [0.2, 0.25) is 5.02 Å². The lowest BCUT2D eigenvalue weighted by Crippen LogP contribution is -2.16. The Labute approximate surface area is 91.8 Å². The van der Waals surface area contributed by atoms with Gasteiger partial charge < -0.3 is 15.6 Å². The molecule has 0 bridgehead atoms. The van der Waals surface area contributed by atoms with Crippen molar-refractivity contribution < 1.29 is 14.6 Å². The fourth-order valence-electron chi connectivity index (χ4n) is 1.09. The third kappa shape index (κ3) is 3.07. The third-order valence-electron chi connectivity index (χ3n) is 1.84. The largest absolute Gasteiger partial charge is 0.495 e. The van der Waals surface area contributed by atoms with Gasteiger partial charge in [-0.2, -0.15) is 0 Å². The number of aliphatic carboxylic acids is 1. The molecule has 0 aromatic carbocycles. The number of hydrogen-bond donors (Lipinski definition) is 2. The molecule has 0 aliphatic heterocycles. The van der Waals surface area contributed by atoms with Crippen molar-refractivity contribution in [1.82, 2.24) is 4.98 Å². The highest BCUT2D eigenvalue weighted by atomic mass is 35.5. The predicted molar refractivity (Wildman–Crippen MR) is 55.0 cm³/mol. The van der Waals surface area contributed by atoms with Gasteiger partial charge in [0.05, 0.1) is 25.3 Å². The van der Waals surface area contributed by atoms with E-state index in [1.807, 2.05) is 0 Å². The van der Waals surface area contributed by atoms with Crippen molar-refractivity contribution in [1.29, 1.82) is 0 Å². The van der Waals surface area contributed by atoms with Crippen molar-refractivity contribution in [3.63, 3.8) is 0 Å². The smallest absolute Gasteiger partial charge is 0.305 e. The molecule has 0 aliphatic rings. The molecular formula is C9H11ClN2O3. The molecule has 1 unspecified atom stereocenters. The Hall–Kier alpha value is -1.33. The van der Waals surface area contributed by atoms with E-state index >= 15 is 0 Å². The van der Waals surface area contributed by atoms with Crippen LogP contribution in [-0.2, 0) is 4.79 Å². The summed E-state index contributed by atoms with van der Waals surface area (Å²) in [6.07, 6.45) is 1.20. The van der Waals surface area contributed by atoms with E-state index < -0.39 is 12.0 Å². The first-order valence-corrected chi connectivity index (χ1v) is 4.59. The Morgan fingerprint density at radius 1 is 1.80 bits per heavy atom. The summed E-state index contributed by atoms with van der Waals surface area (Å²) < 4.78 is 4.97. The van der Waals surface area contributed by atoms with Gasteiger partial charge in [0.2, 0.25) is 0 Å². The van der Waals surface area contributed by atoms with E-state index in [9.17, 15) is 4.79 Å². The summed E-state index contributed by atoms with van der Waals surface area (Å²) in [5.74, 6) is -0.541. The van der Waals surface area contributed by atoms with Crippen molar-refractivity contribution in [2.45, 2.75) is 12.5 Å². The Morgan fingerprint density at radius 3 is 3.00 bits per heavy atom. The molecule has 5 nitrogen and oxygen atoms in total. The van der Waals surface area contributed by atoms with Gasteiger partial charge in [-0.05, 0) is 0 Å². The fraction of sp³-hybridized carbons (Fsp3) is 0.333. The number of carbonyl (C=O) groups is 1. The quantitative estimate of drug-likeness (QED) is 0.812. The van der Waals surface area contributed by atoms with Crippen LogP contribution in [0.1, 0.15) is 18.2 Å². The number of carboxylic acid groups (broad SMARTS) is 1. The third-order valence-corrected chi connectivity index (χ3v) is 2.12. The van der Waals surface area contributed by atoms with Crippen LogP contribution in [0.3, 0.4) is 0 Å². The van der Waals surface area contributed by atoms with Crippen LogP contribution in [-0.4, -0.2) is 23.2 Å². The van der Waals surface area contributed by atoms with Crippen LogP contribution in [0.15, 0.2) is 12.3 Å². The molecule has 1 atom stereocenters. The molecule has 1 rings (SSSR count). The van der Waals surface area contributed by atoms with Crippen LogP contribution in [0.4, 0.5) is 0 Å². The number of nitrogens with two attached hydrogens (primary N) is 1. The van der Waals surface area contributed by atoms with Crippen LogP contribution < -0.4 is 10.5 Å². The Morgan fingerprint density at radius 2 is 2.47 bits per heavy atom. The highest BCUT2D eigenvalue weighted by molar-refractivity contribution is 6.31. The minimum Gasteiger partial charge on any atom is -0.495 e. The first-order chi connectivity index (χ1) is 7.04. The first-order valence-electron chi connectivity index (χ1n) is 4.21. The van der Waals surface area contributed by atoms with Crippen molar-refractivity contribution in [2.75, 3.05) is 7.11 Å². The number of ether oxygens (including phenoxy) is 1. The lowest BCUT2D eigenvalue weighted by atomic mass is 10.1. The summed E-state index contributed by atoms with van der Waals surface area (Å²) in [5.41, 5.74) is 6.07. The molecule has 1 aromatic rings. The normalized spacial score (nSPS) is 12.2. The molecule has 0 aliphatic carbocycles. The van der Waals surface area contributed by atoms with E-state index in [0.717, 1.165) is 0 Å². The summed E-state index contributed by atoms with van der Waals surface area (Å²) in [4.78, 5) is 14.4. The lowest BCUT2D eigenvalue weighted by molar-refractivity contribution is -0.137. The highest BCUT2D eigenvalue weighted by Gasteiger charge is 2.13. The number of rotatable bonds is 4. The molecule has 6 heteroatoms. The van der Waals surface area contributed by atoms with Crippen molar-refractivity contribution >= 4 is 17.6 Å². The topological polar surface area (TPSA) is 85.4 Å². The maximum atomic E-state index is 10.4. The summed E-state index contributed by atoms with van der Waals surface area (Å²) in [5, 5.41) is 8.93. The Kier molecular flexibility index (Phi) is 3.88. The summed E-state index contributed by atoms with van der Waals surface area (Å²) in [7, 11) is 1.47. The van der Waals surface area contributed by atoms with E-state index in [1.54, 1.807) is 0 Å². The van der Waals surface area contributed by atoms with Crippen molar-refractivity contribution in [3.8, 4) is 5.75 Å². The second-order valence-corrected chi connectivity index (χ2v) is 3.36. The second-order valence-electron chi connectivity index (χ2n) is 2.95. The second kappa shape index (κ2) is 4.95. The van der Waals surface area contributed by atoms with E-state index in [1.165, 1.54) is 19.4 Å². The zero-order chi connectivity index (χ0) is 11.4. The van der Waals surface area contributed by atoms with Gasteiger partial charge in [0.1, 0.15) is 10.8 Å². The molecule has 82 valence electrons. The van der Waals surface area contributed by atoms with Crippen molar-refractivity contribution in [3.05, 3.63) is 23.0 Å². The molecule has 0 amide bonds. The number of halogens is 1. The maximum absolute atomic E-state index is 10.4. The molecule has 3 N–H and O–H groups in total. The van der Waals surface area contributed by atoms with Gasteiger partial charge in [-0.1, -0.05) is 11.6 Å². The van der Waals surface area contributed by atoms with E-state index in [4.69, 9.17) is 27.2 Å². The molecule has 1 heterocycles. The minimum absolute atomic E-state index is 0.183. The monoisotopic (exact) mass is 230 g/mol. The van der Waals surface area contributed by atoms with E-state index in [0.29, 0.717) is 16.5 Å². The average Bonchev–Trinajstić information content (AvgIpc) is 2.17. The number of carboxylic acids is 1. The van der Waals surface area contributed by atoms with Gasteiger partial charge in [-0.3, -0.25) is 9.78 Å². The molecule has 0 saturated heterocycles. The lowest BCUT2D eigenvalue weighted by Gasteiger charge is -2.10. The maximum Gasteiger partial charge on any atom is 0.305 e. The molecule has 1 aromatic heterocycles. The fourth-order valence-corrected chi connectivity index (χ4v) is 1.27. The number of aromatic nitrogens is 1. The zero-order valence-corrected chi connectivity index (χ0v) is 8.86. The standard InChI is InChI=1S/C9H11ClN2O3/c1-15-8-3-7(12-4-5(8)10)6(11)2-9(13)14/h3-4,6H,2,11H2,1H3,(H,13,14). The zero-order valence-electron chi connectivity index (χ0n) is 8.11. The predicted octanol–water partition coefficient (Wildman–Crippen LogP) is 1.22. The van der Waals surface area contributed by atoms with Gasteiger partial charge in [0, 0.05) is 12.3 Å². The van der Waals surface area contributed by atoms with E-state index in [2.05, 4.69) is 4.98 Å². The molecule has 0 fully saturated rings. The molecule has 0 radical (unpaired) electrons. The van der Waals surface area contributed by atoms with Gasteiger partial charge in [0.25, 0.3) is 0 Å². The van der Waals surface area contributed by atoms with Gasteiger partial charge >= 0.3 is 5.97 Å². The van der Waals surface area contributed by atoms with Crippen LogP contribution in [0, 0.1) is 0 Å². The molecule has 15 heavy (non-hydrogen) atoms. The number of pyridine rings is 1. The Balaban J connectivity index is 2.90.